The molecule has 0 spiro atoms. The SMILES string of the molecule is Cc1cc(Br)c(NC(=O)c2cc(C)c(Br)s2)c(Br)c1. The summed E-state index contributed by atoms with van der Waals surface area (Å²) in [7, 11) is 0. The minimum atomic E-state index is -0.107. The van der Waals surface area contributed by atoms with E-state index in [9.17, 15) is 4.79 Å². The van der Waals surface area contributed by atoms with Crippen molar-refractivity contribution >= 4 is 70.7 Å². The topological polar surface area (TPSA) is 29.1 Å². The lowest BCUT2D eigenvalue weighted by Gasteiger charge is -2.09. The fourth-order valence-corrected chi connectivity index (χ4v) is 4.61. The van der Waals surface area contributed by atoms with Gasteiger partial charge >= 0.3 is 0 Å². The highest BCUT2D eigenvalue weighted by atomic mass is 79.9. The van der Waals surface area contributed by atoms with Crippen LogP contribution in [0.2, 0.25) is 0 Å². The number of carbonyl (C=O) groups is 1. The van der Waals surface area contributed by atoms with Gasteiger partial charge in [-0.05, 0) is 91.0 Å². The molecule has 100 valence electrons. The highest BCUT2D eigenvalue weighted by molar-refractivity contribution is 9.11. The first-order chi connectivity index (χ1) is 8.88. The standard InChI is InChI=1S/C13H10Br3NOS/c1-6-3-8(14)11(9(15)4-6)17-13(18)10-5-7(2)12(16)19-10/h3-5H,1-2H3,(H,17,18). The van der Waals surface area contributed by atoms with Crippen molar-refractivity contribution in [2.75, 3.05) is 5.32 Å². The Morgan fingerprint density at radius 1 is 1.11 bits per heavy atom. The number of aryl methyl sites for hydroxylation is 2. The summed E-state index contributed by atoms with van der Waals surface area (Å²) in [5.74, 6) is -0.107. The molecular formula is C13H10Br3NOS. The lowest BCUT2D eigenvalue weighted by Crippen LogP contribution is -2.11. The van der Waals surface area contributed by atoms with Crippen molar-refractivity contribution in [2.24, 2.45) is 0 Å². The van der Waals surface area contributed by atoms with E-state index in [0.29, 0.717) is 4.88 Å². The van der Waals surface area contributed by atoms with Gasteiger partial charge in [0, 0.05) is 8.95 Å². The molecule has 0 radical (unpaired) electrons. The number of carbonyl (C=O) groups excluding carboxylic acids is 1. The summed E-state index contributed by atoms with van der Waals surface area (Å²) in [6.45, 7) is 3.97. The zero-order valence-electron chi connectivity index (χ0n) is 10.2. The van der Waals surface area contributed by atoms with E-state index in [2.05, 4.69) is 53.1 Å². The van der Waals surface area contributed by atoms with Gasteiger partial charge in [-0.25, -0.2) is 0 Å². The molecule has 0 saturated carbocycles. The maximum Gasteiger partial charge on any atom is 0.265 e. The number of benzene rings is 1. The van der Waals surface area contributed by atoms with E-state index in [1.807, 2.05) is 32.0 Å². The maximum absolute atomic E-state index is 12.2. The first-order valence-corrected chi connectivity index (χ1v) is 8.61. The van der Waals surface area contributed by atoms with Gasteiger partial charge in [-0.3, -0.25) is 4.79 Å². The molecule has 0 aliphatic rings. The Kier molecular flexibility index (Phi) is 4.87. The number of nitrogens with one attached hydrogen (secondary N) is 1. The highest BCUT2D eigenvalue weighted by Gasteiger charge is 2.14. The lowest BCUT2D eigenvalue weighted by atomic mass is 10.2. The van der Waals surface area contributed by atoms with Crippen LogP contribution < -0.4 is 5.32 Å². The number of thiophene rings is 1. The van der Waals surface area contributed by atoms with Gasteiger partial charge in [0.25, 0.3) is 5.91 Å². The van der Waals surface area contributed by atoms with Gasteiger partial charge in [0.05, 0.1) is 14.4 Å². The second-order valence-electron chi connectivity index (χ2n) is 4.13. The molecule has 0 unspecified atom stereocenters. The van der Waals surface area contributed by atoms with E-state index >= 15 is 0 Å². The summed E-state index contributed by atoms with van der Waals surface area (Å²) >= 11 is 11.8. The van der Waals surface area contributed by atoms with E-state index in [1.54, 1.807) is 0 Å². The lowest BCUT2D eigenvalue weighted by molar-refractivity contribution is 0.103. The predicted molar refractivity (Wildman–Crippen MR) is 91.3 cm³/mol. The molecule has 0 atom stereocenters. The van der Waals surface area contributed by atoms with Crippen LogP contribution in [-0.4, -0.2) is 5.91 Å². The van der Waals surface area contributed by atoms with Crippen LogP contribution in [0.25, 0.3) is 0 Å². The van der Waals surface area contributed by atoms with E-state index in [4.69, 9.17) is 0 Å². The van der Waals surface area contributed by atoms with Gasteiger partial charge in [0.1, 0.15) is 0 Å². The van der Waals surface area contributed by atoms with Crippen molar-refractivity contribution in [3.05, 3.63) is 46.9 Å². The average Bonchev–Trinajstić information content (AvgIpc) is 2.64. The van der Waals surface area contributed by atoms with Crippen LogP contribution in [-0.2, 0) is 0 Å². The first-order valence-electron chi connectivity index (χ1n) is 5.41. The molecule has 2 aromatic rings. The number of anilines is 1. The fraction of sp³-hybridized carbons (Fsp3) is 0.154. The molecule has 19 heavy (non-hydrogen) atoms. The second-order valence-corrected chi connectivity index (χ2v) is 8.20. The number of hydrogen-bond donors (Lipinski definition) is 1. The van der Waals surface area contributed by atoms with Gasteiger partial charge in [-0.1, -0.05) is 0 Å². The smallest absolute Gasteiger partial charge is 0.265 e. The average molecular weight is 468 g/mol. The van der Waals surface area contributed by atoms with E-state index < -0.39 is 0 Å². The molecule has 1 amide bonds. The number of amides is 1. The van der Waals surface area contributed by atoms with Gasteiger partial charge in [0.15, 0.2) is 0 Å². The molecule has 6 heteroatoms. The highest BCUT2D eigenvalue weighted by Crippen LogP contribution is 2.34. The Labute approximate surface area is 141 Å². The van der Waals surface area contributed by atoms with Gasteiger partial charge in [-0.15, -0.1) is 11.3 Å². The van der Waals surface area contributed by atoms with Crippen LogP contribution in [0.3, 0.4) is 0 Å². The Hall–Kier alpha value is -0.170. The number of halogens is 3. The molecule has 0 aliphatic heterocycles. The summed E-state index contributed by atoms with van der Waals surface area (Å²) in [6.07, 6.45) is 0. The first kappa shape index (κ1) is 15.2. The van der Waals surface area contributed by atoms with Crippen LogP contribution in [0.4, 0.5) is 5.69 Å². The number of rotatable bonds is 2. The monoisotopic (exact) mass is 465 g/mol. The molecule has 1 heterocycles. The summed E-state index contributed by atoms with van der Waals surface area (Å²) in [5, 5.41) is 2.92. The summed E-state index contributed by atoms with van der Waals surface area (Å²) in [5.41, 5.74) is 2.93. The Morgan fingerprint density at radius 2 is 1.68 bits per heavy atom. The van der Waals surface area contributed by atoms with Crippen molar-refractivity contribution in [1.82, 2.24) is 0 Å². The van der Waals surface area contributed by atoms with Crippen LogP contribution >= 0.6 is 59.1 Å². The molecular weight excluding hydrogens is 458 g/mol. The van der Waals surface area contributed by atoms with Crippen LogP contribution in [0.15, 0.2) is 30.9 Å². The largest absolute Gasteiger partial charge is 0.319 e. The molecule has 0 aliphatic carbocycles. The van der Waals surface area contributed by atoms with Crippen molar-refractivity contribution < 1.29 is 4.79 Å². The molecule has 0 saturated heterocycles. The fourth-order valence-electron chi connectivity index (χ4n) is 1.57. The molecule has 1 N–H and O–H groups in total. The minimum Gasteiger partial charge on any atom is -0.319 e. The molecule has 0 fully saturated rings. The molecule has 2 rings (SSSR count). The quantitative estimate of drug-likeness (QED) is 0.585. The maximum atomic E-state index is 12.2. The zero-order chi connectivity index (χ0) is 14.2. The van der Waals surface area contributed by atoms with Crippen molar-refractivity contribution in [1.29, 1.82) is 0 Å². The van der Waals surface area contributed by atoms with Gasteiger partial charge in [-0.2, -0.15) is 0 Å². The van der Waals surface area contributed by atoms with Crippen LogP contribution in [0.5, 0.6) is 0 Å². The zero-order valence-corrected chi connectivity index (χ0v) is 15.8. The number of hydrogen-bond acceptors (Lipinski definition) is 2. The Balaban J connectivity index is 2.29. The van der Waals surface area contributed by atoms with Crippen LogP contribution in [0.1, 0.15) is 20.8 Å². The molecule has 0 bridgehead atoms. The van der Waals surface area contributed by atoms with E-state index in [-0.39, 0.29) is 5.91 Å². The Bertz CT molecular complexity index is 609. The van der Waals surface area contributed by atoms with Crippen molar-refractivity contribution in [3.63, 3.8) is 0 Å². The molecule has 1 aromatic carbocycles. The molecule has 2 nitrogen and oxygen atoms in total. The second kappa shape index (κ2) is 6.08. The predicted octanol–water partition coefficient (Wildman–Crippen LogP) is 5.90. The van der Waals surface area contributed by atoms with Crippen molar-refractivity contribution in [3.8, 4) is 0 Å². The third kappa shape index (κ3) is 3.48. The third-order valence-electron chi connectivity index (χ3n) is 2.51. The summed E-state index contributed by atoms with van der Waals surface area (Å²) in [4.78, 5) is 12.9. The van der Waals surface area contributed by atoms with Gasteiger partial charge < -0.3 is 5.32 Å². The summed E-state index contributed by atoms with van der Waals surface area (Å²) < 4.78 is 2.71. The molecule has 1 aromatic heterocycles. The van der Waals surface area contributed by atoms with E-state index in [1.165, 1.54) is 11.3 Å². The third-order valence-corrected chi connectivity index (χ3v) is 5.89. The van der Waals surface area contributed by atoms with Gasteiger partial charge in [0.2, 0.25) is 0 Å². The Morgan fingerprint density at radius 3 is 2.16 bits per heavy atom. The van der Waals surface area contributed by atoms with Crippen LogP contribution in [0, 0.1) is 13.8 Å². The summed E-state index contributed by atoms with van der Waals surface area (Å²) in [6, 6.07) is 5.81. The normalized spacial score (nSPS) is 10.6. The van der Waals surface area contributed by atoms with E-state index in [0.717, 1.165) is 29.5 Å². The van der Waals surface area contributed by atoms with Crippen molar-refractivity contribution in [2.45, 2.75) is 13.8 Å². The minimum absolute atomic E-state index is 0.107.